The van der Waals surface area contributed by atoms with Crippen molar-refractivity contribution in [2.45, 2.75) is 64.6 Å². The topological polar surface area (TPSA) is 96.3 Å². The quantitative estimate of drug-likeness (QED) is 0.390. The number of rotatable bonds is 9. The minimum atomic E-state index is -0.304. The van der Waals surface area contributed by atoms with E-state index in [2.05, 4.69) is 62.9 Å². The van der Waals surface area contributed by atoms with Crippen LogP contribution in [0.2, 0.25) is 0 Å². The molecule has 5 fully saturated rings. The number of anilines is 1. The highest BCUT2D eigenvalue weighted by molar-refractivity contribution is 5.87. The van der Waals surface area contributed by atoms with Crippen molar-refractivity contribution < 1.29 is 4.79 Å². The molecule has 2 aromatic heterocycles. The van der Waals surface area contributed by atoms with Crippen LogP contribution >= 0.6 is 0 Å². The second-order valence-electron chi connectivity index (χ2n) is 13.5. The van der Waals surface area contributed by atoms with Gasteiger partial charge >= 0.3 is 5.69 Å². The predicted molar refractivity (Wildman–Crippen MR) is 158 cm³/mol. The number of aromatic nitrogens is 4. The molecule has 2 saturated heterocycles. The van der Waals surface area contributed by atoms with Gasteiger partial charge in [-0.25, -0.2) is 14.8 Å². The molecule has 41 heavy (non-hydrogen) atoms. The molecule has 5 aliphatic rings. The van der Waals surface area contributed by atoms with Crippen LogP contribution in [0.3, 0.4) is 0 Å². The monoisotopic (exact) mass is 553 g/mol. The van der Waals surface area contributed by atoms with E-state index in [1.807, 2.05) is 18.7 Å². The third-order valence-corrected chi connectivity index (χ3v) is 10.1. The van der Waals surface area contributed by atoms with Gasteiger partial charge in [0.05, 0.1) is 11.4 Å². The van der Waals surface area contributed by atoms with E-state index >= 15 is 0 Å². The van der Waals surface area contributed by atoms with Crippen LogP contribution in [-0.4, -0.2) is 61.4 Å². The Hall–Kier alpha value is -3.59. The summed E-state index contributed by atoms with van der Waals surface area (Å²) in [6.45, 7) is 13.5. The molecule has 2 atom stereocenters. The van der Waals surface area contributed by atoms with Crippen LogP contribution < -0.4 is 11.0 Å². The third kappa shape index (κ3) is 4.45. The Morgan fingerprint density at radius 3 is 2.32 bits per heavy atom. The maximum absolute atomic E-state index is 12.4. The molecule has 1 amide bonds. The number of hydrogen-bond acceptors (Lipinski definition) is 7. The Balaban J connectivity index is 1.06. The molecule has 0 radical (unpaired) electrons. The molecule has 2 bridgehead atoms. The molecule has 214 valence electrons. The van der Waals surface area contributed by atoms with Crippen LogP contribution in [0.5, 0.6) is 0 Å². The van der Waals surface area contributed by atoms with Gasteiger partial charge in [0.15, 0.2) is 5.65 Å². The number of amides is 1. The fraction of sp³-hybridized carbons (Fsp3) is 0.531. The normalized spacial score (nSPS) is 25.6. The number of fused-ring (bicyclic) bond motifs is 1. The molecule has 1 N–H and O–H groups in total. The summed E-state index contributed by atoms with van der Waals surface area (Å²) in [4.78, 5) is 42.0. The molecule has 9 heteroatoms. The minimum absolute atomic E-state index is 0.00531. The van der Waals surface area contributed by atoms with Crippen LogP contribution in [0.4, 0.5) is 5.95 Å². The molecular weight excluding hydrogens is 514 g/mol. The van der Waals surface area contributed by atoms with Crippen LogP contribution in [-0.2, 0) is 4.79 Å². The Morgan fingerprint density at radius 1 is 1.05 bits per heavy atom. The first kappa shape index (κ1) is 26.3. The fourth-order valence-electron chi connectivity index (χ4n) is 7.82. The number of carbonyl (C=O) groups excluding carboxylic acids is 1. The van der Waals surface area contributed by atoms with Crippen LogP contribution in [0.1, 0.15) is 75.7 Å². The van der Waals surface area contributed by atoms with Crippen molar-refractivity contribution in [2.24, 2.45) is 16.7 Å². The van der Waals surface area contributed by atoms with E-state index in [0.717, 1.165) is 43.0 Å². The summed E-state index contributed by atoms with van der Waals surface area (Å²) in [5.74, 6) is 1.52. The number of likely N-dealkylation sites (tertiary alicyclic amines) is 2. The predicted octanol–water partition coefficient (Wildman–Crippen LogP) is 4.50. The Bertz CT molecular complexity index is 1550. The minimum Gasteiger partial charge on any atom is -0.348 e. The second-order valence-corrected chi connectivity index (χ2v) is 13.5. The molecule has 4 heterocycles. The fourth-order valence-corrected chi connectivity index (χ4v) is 7.82. The summed E-state index contributed by atoms with van der Waals surface area (Å²) in [7, 11) is 0. The summed E-state index contributed by atoms with van der Waals surface area (Å²) >= 11 is 0. The number of hydrogen-bond donors (Lipinski definition) is 1. The first-order chi connectivity index (χ1) is 19.7. The lowest BCUT2D eigenvalue weighted by Crippen LogP contribution is -2.73. The maximum atomic E-state index is 12.4. The Kier molecular flexibility index (Phi) is 6.08. The summed E-state index contributed by atoms with van der Waals surface area (Å²) in [5, 5.41) is 4.17. The molecule has 8 rings (SSSR count). The van der Waals surface area contributed by atoms with Crippen molar-refractivity contribution in [1.29, 1.82) is 0 Å². The van der Waals surface area contributed by atoms with Gasteiger partial charge in [-0.15, -0.1) is 0 Å². The van der Waals surface area contributed by atoms with Gasteiger partial charge in [0.25, 0.3) is 0 Å². The molecule has 1 unspecified atom stereocenters. The third-order valence-electron chi connectivity index (χ3n) is 10.1. The van der Waals surface area contributed by atoms with Gasteiger partial charge in [0.1, 0.15) is 0 Å². The van der Waals surface area contributed by atoms with E-state index in [-0.39, 0.29) is 29.1 Å². The number of carbonyl (C=O) groups is 1. The summed E-state index contributed by atoms with van der Waals surface area (Å²) in [6.07, 6.45) is 10.1. The van der Waals surface area contributed by atoms with Gasteiger partial charge in [-0.2, -0.15) is 4.98 Å². The van der Waals surface area contributed by atoms with Crippen LogP contribution in [0.25, 0.3) is 11.0 Å². The first-order valence-corrected chi connectivity index (χ1v) is 14.9. The lowest BCUT2D eigenvalue weighted by atomic mass is 9.42. The summed E-state index contributed by atoms with van der Waals surface area (Å²) < 4.78 is 1.60. The van der Waals surface area contributed by atoms with Gasteiger partial charge in [-0.3, -0.25) is 14.3 Å². The van der Waals surface area contributed by atoms with Gasteiger partial charge in [0.2, 0.25) is 11.9 Å². The highest BCUT2D eigenvalue weighted by atomic mass is 16.2. The molecule has 3 saturated carbocycles. The van der Waals surface area contributed by atoms with E-state index < -0.39 is 0 Å². The van der Waals surface area contributed by atoms with Crippen LogP contribution in [0.15, 0.2) is 54.1 Å². The van der Waals surface area contributed by atoms with Crippen molar-refractivity contribution in [3.63, 3.8) is 0 Å². The zero-order valence-electron chi connectivity index (χ0n) is 24.2. The van der Waals surface area contributed by atoms with Gasteiger partial charge in [-0.05, 0) is 75.0 Å². The molecule has 1 aromatic carbocycles. The average molecular weight is 554 g/mol. The Morgan fingerprint density at radius 2 is 1.71 bits per heavy atom. The van der Waals surface area contributed by atoms with Gasteiger partial charge in [-0.1, -0.05) is 30.8 Å². The van der Waals surface area contributed by atoms with Crippen molar-refractivity contribution in [3.8, 4) is 0 Å². The zero-order chi connectivity index (χ0) is 28.5. The first-order valence-electron chi connectivity index (χ1n) is 14.9. The van der Waals surface area contributed by atoms with Crippen molar-refractivity contribution >= 4 is 22.9 Å². The highest BCUT2D eigenvalue weighted by Crippen LogP contribution is 2.68. The van der Waals surface area contributed by atoms with E-state index in [1.165, 1.54) is 43.5 Å². The molecule has 9 nitrogen and oxygen atoms in total. The van der Waals surface area contributed by atoms with E-state index in [9.17, 15) is 9.59 Å². The maximum Gasteiger partial charge on any atom is 0.349 e. The number of benzene rings is 1. The van der Waals surface area contributed by atoms with Crippen molar-refractivity contribution in [1.82, 2.24) is 29.3 Å². The number of nitrogens with zero attached hydrogens (tertiary/aromatic N) is 6. The van der Waals surface area contributed by atoms with E-state index in [1.54, 1.807) is 10.8 Å². The second kappa shape index (κ2) is 9.48. The molecule has 1 spiro atoms. The van der Waals surface area contributed by atoms with Gasteiger partial charge in [0, 0.05) is 56.1 Å². The van der Waals surface area contributed by atoms with Crippen LogP contribution in [0, 0.1) is 16.7 Å². The van der Waals surface area contributed by atoms with Crippen molar-refractivity contribution in [3.05, 3.63) is 70.9 Å². The van der Waals surface area contributed by atoms with Crippen molar-refractivity contribution in [2.75, 3.05) is 31.5 Å². The van der Waals surface area contributed by atoms with E-state index in [0.29, 0.717) is 23.1 Å². The smallest absolute Gasteiger partial charge is 0.348 e. The molecular formula is C32H39N7O2. The lowest BCUT2D eigenvalue weighted by Gasteiger charge is -2.66. The molecule has 3 aromatic rings. The standard InChI is InChI=1S/C32H39N7O2/c1-5-27(40)38-18-32(19-38)16-37(17-32)26(13-31-10-22(11-31)12-31)24-8-6-23(7-9-24)21(4)35-29-33-14-25-15-34-30(41)39(20(2)3)28(25)36-29/h5-9,14-15,20-22,26H,1,10-13,16-19H2,2-4H3,(H,33,35,36)/t21-,22?,26?,31?/m0/s1. The van der Waals surface area contributed by atoms with E-state index in [4.69, 9.17) is 0 Å². The number of nitrogens with one attached hydrogen (secondary N) is 1. The highest BCUT2D eigenvalue weighted by Gasteiger charge is 2.59. The summed E-state index contributed by atoms with van der Waals surface area (Å²) in [5.41, 5.74) is 3.65. The Labute approximate surface area is 240 Å². The largest absolute Gasteiger partial charge is 0.349 e. The molecule has 2 aliphatic heterocycles. The lowest BCUT2D eigenvalue weighted by molar-refractivity contribution is -0.172. The average Bonchev–Trinajstić information content (AvgIpc) is 2.86. The molecule has 3 aliphatic carbocycles. The summed E-state index contributed by atoms with van der Waals surface area (Å²) in [6, 6.07) is 9.41. The zero-order valence-corrected chi connectivity index (χ0v) is 24.2. The van der Waals surface area contributed by atoms with Gasteiger partial charge < -0.3 is 10.2 Å². The SMILES string of the molecule is C=CC(=O)N1CC2(C1)CN(C(CC13CC(C1)C3)c1ccc([C@H](C)Nc3ncc4cnc(=O)n(C(C)C)c4n3)cc1)C2.